The minimum absolute atomic E-state index is 0.114. The molecule has 0 radical (unpaired) electrons. The van der Waals surface area contributed by atoms with Crippen LogP contribution in [0.4, 0.5) is 23.5 Å². The van der Waals surface area contributed by atoms with Gasteiger partial charge in [-0.1, -0.05) is 0 Å². The van der Waals surface area contributed by atoms with Gasteiger partial charge >= 0.3 is 6.36 Å². The molecule has 37 heavy (non-hydrogen) atoms. The number of benzene rings is 1. The Bertz CT molecular complexity index is 1550. The summed E-state index contributed by atoms with van der Waals surface area (Å²) < 4.78 is 64.1. The van der Waals surface area contributed by atoms with Gasteiger partial charge in [0.1, 0.15) is 22.7 Å². The number of carbonyl (C=O) groups is 1. The number of ether oxygens (including phenoxy) is 2. The molecule has 1 aromatic carbocycles. The molecule has 1 aliphatic carbocycles. The summed E-state index contributed by atoms with van der Waals surface area (Å²) in [6.07, 6.45) is -0.375. The van der Waals surface area contributed by atoms with Crippen LogP contribution in [0, 0.1) is 5.82 Å². The number of fused-ring (bicyclic) bond motifs is 2. The SMILES string of the molecule is Nc1nc2cc(-c3cnc4c(c3)C(=O)N(Cc3cc(OC(F)(F)F)ccc3F)CC3(CC3)O4)ccn2n1. The fraction of sp³-hybridized carbons (Fsp3) is 0.250. The Labute approximate surface area is 206 Å². The maximum absolute atomic E-state index is 14.6. The number of rotatable bonds is 4. The zero-order valence-corrected chi connectivity index (χ0v) is 19.0. The van der Waals surface area contributed by atoms with Crippen molar-refractivity contribution in [2.45, 2.75) is 31.3 Å². The molecule has 1 spiro atoms. The van der Waals surface area contributed by atoms with Gasteiger partial charge in [-0.2, -0.15) is 4.98 Å². The summed E-state index contributed by atoms with van der Waals surface area (Å²) in [6, 6.07) is 7.81. The van der Waals surface area contributed by atoms with Crippen molar-refractivity contribution in [2.24, 2.45) is 0 Å². The largest absolute Gasteiger partial charge is 0.573 e. The van der Waals surface area contributed by atoms with Crippen LogP contribution < -0.4 is 15.2 Å². The molecule has 0 saturated heterocycles. The van der Waals surface area contributed by atoms with Gasteiger partial charge < -0.3 is 20.1 Å². The van der Waals surface area contributed by atoms with Gasteiger partial charge in [0.25, 0.3) is 5.91 Å². The first kappa shape index (κ1) is 23.0. The molecule has 4 aromatic rings. The minimum Gasteiger partial charge on any atom is -0.469 e. The topological polar surface area (TPSA) is 108 Å². The molecule has 3 aromatic heterocycles. The van der Waals surface area contributed by atoms with Gasteiger partial charge in [-0.3, -0.25) is 4.79 Å². The number of pyridine rings is 2. The van der Waals surface area contributed by atoms with E-state index in [-0.39, 0.29) is 36.0 Å². The quantitative estimate of drug-likeness (QED) is 0.411. The van der Waals surface area contributed by atoms with Gasteiger partial charge in [0.15, 0.2) is 5.65 Å². The van der Waals surface area contributed by atoms with Crippen molar-refractivity contribution in [3.05, 3.63) is 65.7 Å². The monoisotopic (exact) mass is 514 g/mol. The van der Waals surface area contributed by atoms with Gasteiger partial charge in [0.2, 0.25) is 11.8 Å². The third-order valence-corrected chi connectivity index (χ3v) is 6.27. The van der Waals surface area contributed by atoms with E-state index in [0.29, 0.717) is 29.6 Å². The van der Waals surface area contributed by atoms with Crippen LogP contribution in [0.15, 0.2) is 48.8 Å². The van der Waals surface area contributed by atoms with Crippen molar-refractivity contribution in [1.29, 1.82) is 0 Å². The van der Waals surface area contributed by atoms with E-state index in [9.17, 15) is 22.4 Å². The summed E-state index contributed by atoms with van der Waals surface area (Å²) in [5, 5.41) is 4.03. The second kappa shape index (κ2) is 8.05. The van der Waals surface area contributed by atoms with Crippen molar-refractivity contribution in [3.63, 3.8) is 0 Å². The first-order valence-corrected chi connectivity index (χ1v) is 11.2. The highest BCUT2D eigenvalue weighted by atomic mass is 19.4. The molecule has 9 nitrogen and oxygen atoms in total. The predicted molar refractivity (Wildman–Crippen MR) is 121 cm³/mol. The summed E-state index contributed by atoms with van der Waals surface area (Å²) in [5.41, 5.74) is 6.81. The Morgan fingerprint density at radius 3 is 2.70 bits per heavy atom. The lowest BCUT2D eigenvalue weighted by Gasteiger charge is -2.24. The Morgan fingerprint density at radius 2 is 1.95 bits per heavy atom. The fourth-order valence-electron chi connectivity index (χ4n) is 4.35. The van der Waals surface area contributed by atoms with Gasteiger partial charge in [0.05, 0.1) is 6.54 Å². The normalized spacial score (nSPS) is 16.4. The highest BCUT2D eigenvalue weighted by Gasteiger charge is 2.50. The number of hydrogen-bond donors (Lipinski definition) is 1. The predicted octanol–water partition coefficient (Wildman–Crippen LogP) is 3.98. The van der Waals surface area contributed by atoms with Crippen molar-refractivity contribution >= 4 is 17.5 Å². The summed E-state index contributed by atoms with van der Waals surface area (Å²) in [6.45, 7) is -0.147. The van der Waals surface area contributed by atoms with Crippen molar-refractivity contribution < 1.29 is 31.8 Å². The molecule has 0 atom stereocenters. The van der Waals surface area contributed by atoms with Crippen LogP contribution in [-0.2, 0) is 6.54 Å². The lowest BCUT2D eigenvalue weighted by Crippen LogP contribution is -2.38. The number of halogens is 4. The first-order chi connectivity index (χ1) is 17.6. The third-order valence-electron chi connectivity index (χ3n) is 6.27. The van der Waals surface area contributed by atoms with E-state index in [1.54, 1.807) is 30.6 Å². The van der Waals surface area contributed by atoms with Crippen LogP contribution in [-0.4, -0.2) is 48.9 Å². The maximum Gasteiger partial charge on any atom is 0.573 e. The molecule has 190 valence electrons. The standard InChI is InChI=1S/C24H18F4N6O3/c25-18-2-1-16(36-24(26,27)28)7-15(18)11-33-12-23(4-5-23)37-20-17(21(33)35)8-14(10-30-20)13-3-6-34-19(9-13)31-22(29)32-34/h1-3,6-10H,4-5,11-12H2,(H2,29,32). The number of alkyl halides is 3. The number of aromatic nitrogens is 4. The van der Waals surface area contributed by atoms with Crippen LogP contribution >= 0.6 is 0 Å². The molecule has 1 saturated carbocycles. The van der Waals surface area contributed by atoms with E-state index in [1.807, 2.05) is 0 Å². The summed E-state index contributed by atoms with van der Waals surface area (Å²) >= 11 is 0. The number of anilines is 1. The molecule has 1 fully saturated rings. The number of nitrogens with zero attached hydrogens (tertiary/aromatic N) is 5. The van der Waals surface area contributed by atoms with Gasteiger partial charge in [-0.05, 0) is 54.8 Å². The molecule has 2 N–H and O–H groups in total. The molecule has 0 bridgehead atoms. The first-order valence-electron chi connectivity index (χ1n) is 11.2. The minimum atomic E-state index is -4.93. The highest BCUT2D eigenvalue weighted by molar-refractivity contribution is 5.98. The molecule has 4 heterocycles. The third kappa shape index (κ3) is 4.47. The lowest BCUT2D eigenvalue weighted by atomic mass is 10.1. The Balaban J connectivity index is 1.35. The van der Waals surface area contributed by atoms with E-state index in [1.165, 1.54) is 9.42 Å². The van der Waals surface area contributed by atoms with Gasteiger partial charge in [-0.25, -0.2) is 13.9 Å². The van der Waals surface area contributed by atoms with Crippen LogP contribution in [0.3, 0.4) is 0 Å². The van der Waals surface area contributed by atoms with E-state index in [4.69, 9.17) is 10.5 Å². The molecule has 1 aliphatic heterocycles. The molecule has 2 aliphatic rings. The van der Waals surface area contributed by atoms with Crippen molar-refractivity contribution in [2.75, 3.05) is 12.3 Å². The molecular weight excluding hydrogens is 496 g/mol. The van der Waals surface area contributed by atoms with Crippen LogP contribution in [0.5, 0.6) is 11.6 Å². The second-order valence-electron chi connectivity index (χ2n) is 9.01. The number of hydrogen-bond acceptors (Lipinski definition) is 7. The van der Waals surface area contributed by atoms with Crippen LogP contribution in [0.25, 0.3) is 16.8 Å². The molecule has 13 heteroatoms. The van der Waals surface area contributed by atoms with E-state index in [2.05, 4.69) is 19.8 Å². The van der Waals surface area contributed by atoms with E-state index >= 15 is 0 Å². The van der Waals surface area contributed by atoms with E-state index in [0.717, 1.165) is 18.2 Å². The zero-order valence-electron chi connectivity index (χ0n) is 19.0. The average Bonchev–Trinajstić information content (AvgIpc) is 3.50. The van der Waals surface area contributed by atoms with Crippen molar-refractivity contribution in [3.8, 4) is 22.8 Å². The molecule has 6 rings (SSSR count). The number of carbonyl (C=O) groups excluding carboxylic acids is 1. The second-order valence-corrected chi connectivity index (χ2v) is 9.01. The molecule has 1 amide bonds. The van der Waals surface area contributed by atoms with Crippen LogP contribution in [0.2, 0.25) is 0 Å². The van der Waals surface area contributed by atoms with E-state index < -0.39 is 29.4 Å². The average molecular weight is 514 g/mol. The summed E-state index contributed by atoms with van der Waals surface area (Å²) in [5.74, 6) is -1.55. The Kier molecular flexibility index (Phi) is 5.00. The molecular formula is C24H18F4N6O3. The smallest absolute Gasteiger partial charge is 0.469 e. The highest BCUT2D eigenvalue weighted by Crippen LogP contribution is 2.44. The summed E-state index contributed by atoms with van der Waals surface area (Å²) in [7, 11) is 0. The zero-order chi connectivity index (χ0) is 25.9. The molecule has 0 unspecified atom stereocenters. The number of nitrogens with two attached hydrogens (primary N) is 1. The number of nitrogen functional groups attached to an aromatic ring is 1. The Hall–Kier alpha value is -4.42. The fourth-order valence-corrected chi connectivity index (χ4v) is 4.35. The number of amides is 1. The summed E-state index contributed by atoms with van der Waals surface area (Å²) in [4.78, 5) is 23.5. The van der Waals surface area contributed by atoms with Gasteiger partial charge in [-0.15, -0.1) is 18.3 Å². The maximum atomic E-state index is 14.6. The van der Waals surface area contributed by atoms with Crippen LogP contribution in [0.1, 0.15) is 28.8 Å². The van der Waals surface area contributed by atoms with Crippen molar-refractivity contribution in [1.82, 2.24) is 24.5 Å². The van der Waals surface area contributed by atoms with Gasteiger partial charge in [0, 0.05) is 30.1 Å². The lowest BCUT2D eigenvalue weighted by molar-refractivity contribution is -0.274. The Morgan fingerprint density at radius 1 is 1.14 bits per heavy atom.